The van der Waals surface area contributed by atoms with E-state index in [-0.39, 0.29) is 0 Å². The van der Waals surface area contributed by atoms with Crippen LogP contribution in [-0.4, -0.2) is 13.7 Å². The van der Waals surface area contributed by atoms with Crippen molar-refractivity contribution in [3.05, 3.63) is 29.8 Å². The van der Waals surface area contributed by atoms with E-state index in [1.165, 1.54) is 6.07 Å². The van der Waals surface area contributed by atoms with Crippen molar-refractivity contribution in [2.45, 2.75) is 23.0 Å². The average molecular weight is 218 g/mol. The summed E-state index contributed by atoms with van der Waals surface area (Å²) in [7, 11) is -3.63. The molecule has 0 radical (unpaired) electrons. The third-order valence-corrected chi connectivity index (χ3v) is 4.46. The van der Waals surface area contributed by atoms with E-state index in [0.29, 0.717) is 12.8 Å². The minimum absolute atomic E-state index is 0.514. The Morgan fingerprint density at radius 1 is 1.21 bits per heavy atom. The van der Waals surface area contributed by atoms with Crippen molar-refractivity contribution in [3.8, 4) is 0 Å². The number of rotatable bonds is 2. The van der Waals surface area contributed by atoms with Gasteiger partial charge in [0.2, 0.25) is 0 Å². The zero-order chi connectivity index (χ0) is 10.3. The highest BCUT2D eigenvalue weighted by Crippen LogP contribution is 2.34. The third-order valence-electron chi connectivity index (χ3n) is 2.19. The van der Waals surface area contributed by atoms with Gasteiger partial charge in [0.1, 0.15) is 4.90 Å². The summed E-state index contributed by atoms with van der Waals surface area (Å²) in [5.74, 6) is -2.38. The van der Waals surface area contributed by atoms with Gasteiger partial charge >= 0.3 is 0 Å². The topological polar surface area (TPSA) is 34.1 Å². The first kappa shape index (κ1) is 9.58. The van der Waals surface area contributed by atoms with Crippen LogP contribution >= 0.6 is 0 Å². The lowest BCUT2D eigenvalue weighted by atomic mass is 10.3. The van der Waals surface area contributed by atoms with Crippen molar-refractivity contribution in [2.24, 2.45) is 0 Å². The van der Waals surface area contributed by atoms with Gasteiger partial charge in [-0.05, 0) is 25.0 Å². The van der Waals surface area contributed by atoms with Crippen molar-refractivity contribution in [1.29, 1.82) is 0 Å². The minimum atomic E-state index is -3.63. The lowest BCUT2D eigenvalue weighted by Gasteiger charge is -2.03. The van der Waals surface area contributed by atoms with Crippen LogP contribution in [0, 0.1) is 11.6 Å². The maximum absolute atomic E-state index is 13.1. The molecule has 0 aromatic heterocycles. The van der Waals surface area contributed by atoms with Crippen LogP contribution in [-0.2, 0) is 9.84 Å². The molecule has 0 bridgehead atoms. The molecule has 1 saturated carbocycles. The van der Waals surface area contributed by atoms with E-state index in [4.69, 9.17) is 0 Å². The molecule has 0 atom stereocenters. The molecule has 0 spiro atoms. The van der Waals surface area contributed by atoms with Gasteiger partial charge in [0.25, 0.3) is 0 Å². The maximum Gasteiger partial charge on any atom is 0.184 e. The fourth-order valence-corrected chi connectivity index (χ4v) is 2.99. The summed E-state index contributed by atoms with van der Waals surface area (Å²) in [4.78, 5) is -0.514. The van der Waals surface area contributed by atoms with Crippen molar-refractivity contribution in [3.63, 3.8) is 0 Å². The molecular formula is C9H8F2O2S. The van der Waals surface area contributed by atoms with Gasteiger partial charge in [0.15, 0.2) is 21.5 Å². The van der Waals surface area contributed by atoms with E-state index in [0.717, 1.165) is 12.1 Å². The van der Waals surface area contributed by atoms with E-state index >= 15 is 0 Å². The maximum atomic E-state index is 13.1. The summed E-state index contributed by atoms with van der Waals surface area (Å²) in [6.07, 6.45) is 1.08. The van der Waals surface area contributed by atoms with Crippen molar-refractivity contribution >= 4 is 9.84 Å². The first-order valence-electron chi connectivity index (χ1n) is 4.21. The molecule has 1 fully saturated rings. The zero-order valence-electron chi connectivity index (χ0n) is 7.20. The molecule has 76 valence electrons. The van der Waals surface area contributed by atoms with Crippen LogP contribution in [0.5, 0.6) is 0 Å². The number of hydrogen-bond acceptors (Lipinski definition) is 2. The molecule has 5 heteroatoms. The van der Waals surface area contributed by atoms with Gasteiger partial charge in [0.05, 0.1) is 5.25 Å². The SMILES string of the molecule is O=S(=O)(c1cccc(F)c1F)C1CC1. The van der Waals surface area contributed by atoms with Crippen LogP contribution in [0.25, 0.3) is 0 Å². The second-order valence-electron chi connectivity index (χ2n) is 3.30. The Morgan fingerprint density at radius 2 is 1.86 bits per heavy atom. The molecule has 2 rings (SSSR count). The number of benzene rings is 1. The van der Waals surface area contributed by atoms with Crippen molar-refractivity contribution < 1.29 is 17.2 Å². The summed E-state index contributed by atoms with van der Waals surface area (Å²) < 4.78 is 49.0. The van der Waals surface area contributed by atoms with Gasteiger partial charge < -0.3 is 0 Å². The van der Waals surface area contributed by atoms with Gasteiger partial charge in [-0.3, -0.25) is 0 Å². The van der Waals surface area contributed by atoms with E-state index in [2.05, 4.69) is 0 Å². The number of hydrogen-bond donors (Lipinski definition) is 0. The van der Waals surface area contributed by atoms with Crippen LogP contribution in [0.15, 0.2) is 23.1 Å². The summed E-state index contributed by atoms with van der Waals surface area (Å²) in [5.41, 5.74) is 0. The molecule has 0 unspecified atom stereocenters. The molecular weight excluding hydrogens is 210 g/mol. The van der Waals surface area contributed by atoms with Gasteiger partial charge in [-0.25, -0.2) is 17.2 Å². The summed E-state index contributed by atoms with van der Waals surface area (Å²) >= 11 is 0. The molecule has 0 heterocycles. The predicted molar refractivity (Wildman–Crippen MR) is 46.6 cm³/mol. The second kappa shape index (κ2) is 3.02. The monoisotopic (exact) mass is 218 g/mol. The van der Waals surface area contributed by atoms with Gasteiger partial charge in [-0.2, -0.15) is 0 Å². The van der Waals surface area contributed by atoms with Crippen LogP contribution in [0.1, 0.15) is 12.8 Å². The molecule has 1 aliphatic rings. The largest absolute Gasteiger partial charge is 0.223 e. The van der Waals surface area contributed by atoms with E-state index in [9.17, 15) is 17.2 Å². The molecule has 0 saturated heterocycles. The highest BCUT2D eigenvalue weighted by molar-refractivity contribution is 7.92. The quantitative estimate of drug-likeness (QED) is 0.759. The first-order chi connectivity index (χ1) is 6.53. The smallest absolute Gasteiger partial charge is 0.184 e. The Hall–Kier alpha value is -0.970. The molecule has 1 aromatic carbocycles. The normalized spacial score (nSPS) is 17.0. The number of sulfone groups is 1. The van der Waals surface area contributed by atoms with Gasteiger partial charge in [0, 0.05) is 0 Å². The summed E-state index contributed by atoms with van der Waals surface area (Å²) in [6.45, 7) is 0. The third kappa shape index (κ3) is 1.41. The highest BCUT2D eigenvalue weighted by Gasteiger charge is 2.38. The van der Waals surface area contributed by atoms with Crippen LogP contribution in [0.3, 0.4) is 0 Å². The van der Waals surface area contributed by atoms with E-state index in [1.54, 1.807) is 0 Å². The Bertz CT molecular complexity index is 464. The molecule has 0 aliphatic heterocycles. The van der Waals surface area contributed by atoms with Crippen LogP contribution in [0.4, 0.5) is 8.78 Å². The van der Waals surface area contributed by atoms with Crippen molar-refractivity contribution in [1.82, 2.24) is 0 Å². The predicted octanol–water partition coefficient (Wildman–Crippen LogP) is 1.90. The standard InChI is InChI=1S/C9H8F2O2S/c10-7-2-1-3-8(9(7)11)14(12,13)6-4-5-6/h1-3,6H,4-5H2. The zero-order valence-corrected chi connectivity index (χ0v) is 8.02. The van der Waals surface area contributed by atoms with Gasteiger partial charge in [-0.1, -0.05) is 6.07 Å². The molecule has 0 N–H and O–H groups in total. The van der Waals surface area contributed by atoms with E-state index in [1.807, 2.05) is 0 Å². The Morgan fingerprint density at radius 3 is 2.43 bits per heavy atom. The Kier molecular flexibility index (Phi) is 2.06. The Balaban J connectivity index is 2.56. The van der Waals surface area contributed by atoms with Gasteiger partial charge in [-0.15, -0.1) is 0 Å². The average Bonchev–Trinajstić information content (AvgIpc) is 2.92. The fraction of sp³-hybridized carbons (Fsp3) is 0.333. The second-order valence-corrected chi connectivity index (χ2v) is 5.49. The Labute approximate surface area is 80.5 Å². The van der Waals surface area contributed by atoms with Crippen molar-refractivity contribution in [2.75, 3.05) is 0 Å². The molecule has 0 amide bonds. The number of halogens is 2. The lowest BCUT2D eigenvalue weighted by Crippen LogP contribution is -2.10. The molecule has 1 aliphatic carbocycles. The van der Waals surface area contributed by atoms with Crippen LogP contribution < -0.4 is 0 Å². The summed E-state index contributed by atoms with van der Waals surface area (Å²) in [5, 5.41) is -0.515. The van der Waals surface area contributed by atoms with E-state index < -0.39 is 31.6 Å². The fourth-order valence-electron chi connectivity index (χ4n) is 1.26. The molecule has 14 heavy (non-hydrogen) atoms. The first-order valence-corrected chi connectivity index (χ1v) is 5.76. The lowest BCUT2D eigenvalue weighted by molar-refractivity contribution is 0.484. The van der Waals surface area contributed by atoms with Crippen LogP contribution in [0.2, 0.25) is 0 Å². The summed E-state index contributed by atoms with van der Waals surface area (Å²) in [6, 6.07) is 3.21. The highest BCUT2D eigenvalue weighted by atomic mass is 32.2. The minimum Gasteiger partial charge on any atom is -0.223 e. The molecule has 2 nitrogen and oxygen atoms in total. The molecule has 1 aromatic rings.